The molecule has 0 bridgehead atoms. The van der Waals surface area contributed by atoms with E-state index in [1.807, 2.05) is 13.0 Å². The second kappa shape index (κ2) is 5.39. The minimum absolute atomic E-state index is 0.294. The van der Waals surface area contributed by atoms with Crippen LogP contribution in [0.5, 0.6) is 11.5 Å². The number of hydrogen-bond donors (Lipinski definition) is 0. The molecule has 0 fully saturated rings. The Morgan fingerprint density at radius 1 is 1.19 bits per heavy atom. The first-order valence-electron chi connectivity index (χ1n) is 4.97. The van der Waals surface area contributed by atoms with Crippen LogP contribution in [0.1, 0.15) is 25.5 Å². The topological polar surface area (TPSA) is 44.8 Å². The number of hydrogen-bond acceptors (Lipinski definition) is 4. The van der Waals surface area contributed by atoms with Crippen LogP contribution in [0.4, 0.5) is 0 Å². The van der Waals surface area contributed by atoms with Crippen molar-refractivity contribution in [3.63, 3.8) is 0 Å². The van der Waals surface area contributed by atoms with Crippen molar-refractivity contribution in [3.8, 4) is 11.5 Å². The van der Waals surface area contributed by atoms with Crippen molar-refractivity contribution in [3.05, 3.63) is 23.8 Å². The van der Waals surface area contributed by atoms with E-state index in [0.717, 1.165) is 5.56 Å². The number of carbonyl (C=O) groups excluding carboxylic acids is 1. The zero-order valence-electron chi connectivity index (χ0n) is 9.94. The molecular formula is C12H16O4. The molecule has 0 amide bonds. The Bertz CT molecular complexity index is 373. The Kier molecular flexibility index (Phi) is 4.17. The summed E-state index contributed by atoms with van der Waals surface area (Å²) in [5.41, 5.74) is 0.868. The third-order valence-corrected chi connectivity index (χ3v) is 2.22. The molecule has 1 aromatic rings. The molecule has 0 aliphatic carbocycles. The third kappa shape index (κ3) is 2.89. The second-order valence-corrected chi connectivity index (χ2v) is 3.37. The Morgan fingerprint density at radius 3 is 2.31 bits per heavy atom. The minimum Gasteiger partial charge on any atom is -0.493 e. The highest BCUT2D eigenvalue weighted by molar-refractivity contribution is 5.66. The van der Waals surface area contributed by atoms with Crippen molar-refractivity contribution in [2.45, 2.75) is 20.0 Å². The van der Waals surface area contributed by atoms with Crippen molar-refractivity contribution >= 4 is 5.97 Å². The van der Waals surface area contributed by atoms with E-state index in [9.17, 15) is 4.79 Å². The summed E-state index contributed by atoms with van der Waals surface area (Å²) in [6.45, 7) is 3.19. The zero-order valence-corrected chi connectivity index (χ0v) is 9.94. The molecule has 0 radical (unpaired) electrons. The minimum atomic E-state index is -0.303. The molecule has 0 spiro atoms. The summed E-state index contributed by atoms with van der Waals surface area (Å²) in [5, 5.41) is 0. The molecule has 0 unspecified atom stereocenters. The van der Waals surface area contributed by atoms with Crippen LogP contribution in [0.2, 0.25) is 0 Å². The van der Waals surface area contributed by atoms with Crippen molar-refractivity contribution in [2.24, 2.45) is 0 Å². The van der Waals surface area contributed by atoms with Gasteiger partial charge in [-0.15, -0.1) is 0 Å². The van der Waals surface area contributed by atoms with E-state index in [4.69, 9.17) is 14.2 Å². The normalized spacial score (nSPS) is 11.8. The summed E-state index contributed by atoms with van der Waals surface area (Å²) < 4.78 is 15.4. The quantitative estimate of drug-likeness (QED) is 0.736. The van der Waals surface area contributed by atoms with Gasteiger partial charge in [0.25, 0.3) is 0 Å². The predicted octanol–water partition coefficient (Wildman–Crippen LogP) is 2.33. The molecule has 0 aliphatic rings. The summed E-state index contributed by atoms with van der Waals surface area (Å²) in [6, 6.07) is 5.43. The SMILES string of the molecule is COc1ccc([C@@H](C)OC(C)=O)cc1OC. The van der Waals surface area contributed by atoms with Gasteiger partial charge in [-0.1, -0.05) is 6.07 Å². The fraction of sp³-hybridized carbons (Fsp3) is 0.417. The lowest BCUT2D eigenvalue weighted by Crippen LogP contribution is -2.05. The van der Waals surface area contributed by atoms with Crippen LogP contribution in [-0.4, -0.2) is 20.2 Å². The highest BCUT2D eigenvalue weighted by Crippen LogP contribution is 2.30. The first-order valence-corrected chi connectivity index (χ1v) is 4.97. The number of methoxy groups -OCH3 is 2. The van der Waals surface area contributed by atoms with Gasteiger partial charge in [0.15, 0.2) is 11.5 Å². The van der Waals surface area contributed by atoms with Gasteiger partial charge < -0.3 is 14.2 Å². The van der Waals surface area contributed by atoms with Crippen LogP contribution in [-0.2, 0) is 9.53 Å². The molecule has 16 heavy (non-hydrogen) atoms. The van der Waals surface area contributed by atoms with Crippen molar-refractivity contribution in [1.82, 2.24) is 0 Å². The van der Waals surface area contributed by atoms with E-state index in [1.54, 1.807) is 26.4 Å². The van der Waals surface area contributed by atoms with E-state index in [0.29, 0.717) is 11.5 Å². The van der Waals surface area contributed by atoms with Gasteiger partial charge >= 0.3 is 5.97 Å². The molecular weight excluding hydrogens is 208 g/mol. The van der Waals surface area contributed by atoms with Crippen LogP contribution in [0.15, 0.2) is 18.2 Å². The van der Waals surface area contributed by atoms with E-state index < -0.39 is 0 Å². The maximum atomic E-state index is 10.8. The van der Waals surface area contributed by atoms with E-state index in [2.05, 4.69) is 0 Å². The predicted molar refractivity (Wildman–Crippen MR) is 59.7 cm³/mol. The third-order valence-electron chi connectivity index (χ3n) is 2.22. The van der Waals surface area contributed by atoms with Gasteiger partial charge in [0.05, 0.1) is 14.2 Å². The Morgan fingerprint density at radius 2 is 1.81 bits per heavy atom. The van der Waals surface area contributed by atoms with Crippen LogP contribution in [0, 0.1) is 0 Å². The van der Waals surface area contributed by atoms with Crippen molar-refractivity contribution in [1.29, 1.82) is 0 Å². The summed E-state index contributed by atoms with van der Waals surface area (Å²) in [7, 11) is 3.14. The Labute approximate surface area is 95.1 Å². The highest BCUT2D eigenvalue weighted by atomic mass is 16.5. The van der Waals surface area contributed by atoms with Crippen molar-refractivity contribution < 1.29 is 19.0 Å². The molecule has 0 aliphatic heterocycles. The van der Waals surface area contributed by atoms with Gasteiger partial charge in [-0.25, -0.2) is 0 Å². The average molecular weight is 224 g/mol. The number of benzene rings is 1. The Hall–Kier alpha value is -1.71. The summed E-state index contributed by atoms with van der Waals surface area (Å²) in [4.78, 5) is 10.8. The lowest BCUT2D eigenvalue weighted by molar-refractivity contribution is -0.145. The molecule has 1 rings (SSSR count). The van der Waals surface area contributed by atoms with Crippen LogP contribution in [0.3, 0.4) is 0 Å². The molecule has 1 aromatic carbocycles. The maximum Gasteiger partial charge on any atom is 0.303 e. The first-order chi connectivity index (χ1) is 7.58. The number of carbonyl (C=O) groups is 1. The molecule has 4 nitrogen and oxygen atoms in total. The average Bonchev–Trinajstić information content (AvgIpc) is 2.27. The summed E-state index contributed by atoms with van der Waals surface area (Å²) in [5.74, 6) is 0.975. The van der Waals surface area contributed by atoms with Gasteiger partial charge in [0, 0.05) is 6.92 Å². The van der Waals surface area contributed by atoms with Gasteiger partial charge in [-0.05, 0) is 24.6 Å². The van der Waals surface area contributed by atoms with Crippen molar-refractivity contribution in [2.75, 3.05) is 14.2 Å². The highest BCUT2D eigenvalue weighted by Gasteiger charge is 2.12. The van der Waals surface area contributed by atoms with Crippen LogP contribution >= 0.6 is 0 Å². The molecule has 0 saturated carbocycles. The largest absolute Gasteiger partial charge is 0.493 e. The molecule has 1 atom stereocenters. The van der Waals surface area contributed by atoms with E-state index in [1.165, 1.54) is 6.92 Å². The smallest absolute Gasteiger partial charge is 0.303 e. The van der Waals surface area contributed by atoms with Gasteiger partial charge in [-0.3, -0.25) is 4.79 Å². The number of esters is 1. The van der Waals surface area contributed by atoms with Gasteiger partial charge in [-0.2, -0.15) is 0 Å². The second-order valence-electron chi connectivity index (χ2n) is 3.37. The standard InChI is InChI=1S/C12H16O4/c1-8(16-9(2)13)10-5-6-11(14-3)12(7-10)15-4/h5-8H,1-4H3/t8-/m1/s1. The molecule has 4 heteroatoms. The molecule has 0 saturated heterocycles. The van der Waals surface area contributed by atoms with Crippen LogP contribution in [0.25, 0.3) is 0 Å². The maximum absolute atomic E-state index is 10.8. The fourth-order valence-corrected chi connectivity index (χ4v) is 1.42. The lowest BCUT2D eigenvalue weighted by atomic mass is 10.1. The fourth-order valence-electron chi connectivity index (χ4n) is 1.42. The summed E-state index contributed by atoms with van der Waals surface area (Å²) in [6.07, 6.45) is -0.294. The van der Waals surface area contributed by atoms with Gasteiger partial charge in [0.2, 0.25) is 0 Å². The number of rotatable bonds is 4. The van der Waals surface area contributed by atoms with Gasteiger partial charge in [0.1, 0.15) is 6.10 Å². The lowest BCUT2D eigenvalue weighted by Gasteiger charge is -2.14. The molecule has 0 N–H and O–H groups in total. The monoisotopic (exact) mass is 224 g/mol. The summed E-state index contributed by atoms with van der Waals surface area (Å²) >= 11 is 0. The Balaban J connectivity index is 2.93. The molecule has 0 aromatic heterocycles. The van der Waals surface area contributed by atoms with Crippen LogP contribution < -0.4 is 9.47 Å². The number of ether oxygens (including phenoxy) is 3. The molecule has 0 heterocycles. The zero-order chi connectivity index (χ0) is 12.1. The first kappa shape index (κ1) is 12.4. The van der Waals surface area contributed by atoms with E-state index >= 15 is 0 Å². The molecule has 88 valence electrons. The van der Waals surface area contributed by atoms with E-state index in [-0.39, 0.29) is 12.1 Å².